The minimum absolute atomic E-state index is 0.177. The van der Waals surface area contributed by atoms with Crippen LogP contribution in [0.1, 0.15) is 46.6 Å². The first-order valence-electron chi connectivity index (χ1n) is 10.2. The smallest absolute Gasteiger partial charge is 0.348 e. The van der Waals surface area contributed by atoms with E-state index in [1.165, 1.54) is 11.3 Å². The number of ether oxygens (including phenoxy) is 5. The number of nitrogens with zero attached hydrogens (tertiary/aromatic N) is 1. The fraction of sp³-hybridized carbons (Fsp3) is 0.842. The summed E-state index contributed by atoms with van der Waals surface area (Å²) in [5, 5.41) is 0.682. The van der Waals surface area contributed by atoms with Crippen molar-refractivity contribution in [2.24, 2.45) is 0 Å². The van der Waals surface area contributed by atoms with Crippen LogP contribution in [0.3, 0.4) is 0 Å². The van der Waals surface area contributed by atoms with E-state index in [0.29, 0.717) is 11.6 Å². The second-order valence-corrected chi connectivity index (χ2v) is 11.4. The van der Waals surface area contributed by atoms with Crippen molar-refractivity contribution in [3.05, 3.63) is 16.6 Å². The van der Waals surface area contributed by atoms with E-state index in [2.05, 4.69) is 4.98 Å². The summed E-state index contributed by atoms with van der Waals surface area (Å²) >= 11 is 1.32. The third kappa shape index (κ3) is 3.60. The predicted molar refractivity (Wildman–Crippen MR) is 108 cm³/mol. The van der Waals surface area contributed by atoms with Crippen molar-refractivity contribution in [1.29, 1.82) is 0 Å². The molecule has 3 aliphatic heterocycles. The van der Waals surface area contributed by atoms with Crippen LogP contribution in [0.4, 0.5) is 0 Å². The van der Waals surface area contributed by atoms with Gasteiger partial charge in [-0.1, -0.05) is 0 Å². The molecule has 3 saturated heterocycles. The maximum atomic E-state index is 14.3. The van der Waals surface area contributed by atoms with Crippen LogP contribution in [0, 0.1) is 0 Å². The zero-order valence-electron chi connectivity index (χ0n) is 18.2. The summed E-state index contributed by atoms with van der Waals surface area (Å²) < 4.78 is 56.8. The molecule has 0 aliphatic carbocycles. The Kier molecular flexibility index (Phi) is 5.97. The van der Waals surface area contributed by atoms with Gasteiger partial charge in [-0.15, -0.1) is 11.3 Å². The maximum Gasteiger partial charge on any atom is 0.372 e. The van der Waals surface area contributed by atoms with Crippen molar-refractivity contribution in [2.75, 3.05) is 19.8 Å². The lowest BCUT2D eigenvalue weighted by Gasteiger charge is -2.37. The topological polar surface area (TPSA) is 94.6 Å². The van der Waals surface area contributed by atoms with Crippen LogP contribution >= 0.6 is 18.9 Å². The molecular formula is C19H30NO8PS. The summed E-state index contributed by atoms with van der Waals surface area (Å²) in [5.41, 5.74) is 0. The van der Waals surface area contributed by atoms with E-state index in [1.807, 2.05) is 27.7 Å². The summed E-state index contributed by atoms with van der Waals surface area (Å²) in [5.74, 6) is -1.67. The van der Waals surface area contributed by atoms with Crippen LogP contribution < -0.4 is 0 Å². The first-order chi connectivity index (χ1) is 14.1. The molecule has 3 fully saturated rings. The highest BCUT2D eigenvalue weighted by atomic mass is 32.1. The van der Waals surface area contributed by atoms with E-state index < -0.39 is 48.9 Å². The van der Waals surface area contributed by atoms with Crippen LogP contribution in [0.5, 0.6) is 0 Å². The SMILES string of the molecule is CCOP(=O)(OCC)[C@@]1(c2nccs2)O[C@H]([C@H]2COC(C)(C)O2)[C@@H]2OC(C)(C)O[C@@H]21. The number of thiazole rings is 1. The van der Waals surface area contributed by atoms with E-state index in [0.717, 1.165) is 0 Å². The van der Waals surface area contributed by atoms with Crippen molar-refractivity contribution in [2.45, 2.75) is 82.9 Å². The first kappa shape index (κ1) is 22.8. The quantitative estimate of drug-likeness (QED) is 0.562. The van der Waals surface area contributed by atoms with Crippen molar-refractivity contribution in [1.82, 2.24) is 4.98 Å². The third-order valence-electron chi connectivity index (χ3n) is 5.29. The van der Waals surface area contributed by atoms with Gasteiger partial charge in [0, 0.05) is 11.6 Å². The molecule has 0 N–H and O–H groups in total. The summed E-state index contributed by atoms with van der Waals surface area (Å²) in [6.45, 7) is 11.5. The molecule has 0 radical (unpaired) electrons. The Bertz CT molecular complexity index is 792. The fourth-order valence-corrected chi connectivity index (χ4v) is 7.71. The molecule has 30 heavy (non-hydrogen) atoms. The molecule has 1 aromatic rings. The number of hydrogen-bond acceptors (Lipinski definition) is 10. The molecule has 9 nitrogen and oxygen atoms in total. The van der Waals surface area contributed by atoms with Gasteiger partial charge in [-0.25, -0.2) is 4.98 Å². The normalized spacial score (nSPS) is 37.5. The van der Waals surface area contributed by atoms with Crippen LogP contribution in [0.2, 0.25) is 0 Å². The Hall–Kier alpha value is -0.420. The predicted octanol–water partition coefficient (Wildman–Crippen LogP) is 3.63. The second kappa shape index (κ2) is 7.86. The van der Waals surface area contributed by atoms with Crippen molar-refractivity contribution in [3.63, 3.8) is 0 Å². The Labute approximate surface area is 180 Å². The molecule has 1 aromatic heterocycles. The molecule has 0 bridgehead atoms. The maximum absolute atomic E-state index is 14.3. The zero-order valence-corrected chi connectivity index (χ0v) is 19.9. The standard InChI is InChI=1S/C19H30NO8PS/c1-7-23-29(21,24-8-2)19(16-20-9-10-30-16)15-14(26-18(5,6)28-15)13(27-19)12-11-22-17(3,4)25-12/h9-10,12-15H,7-8,11H2,1-6H3/t12-,13-,14+,15+,19+/m1/s1. The molecule has 5 atom stereocenters. The van der Waals surface area contributed by atoms with Crippen LogP contribution in [0.15, 0.2) is 11.6 Å². The van der Waals surface area contributed by atoms with E-state index in [1.54, 1.807) is 25.4 Å². The van der Waals surface area contributed by atoms with Gasteiger partial charge in [0.05, 0.1) is 19.8 Å². The highest BCUT2D eigenvalue weighted by Crippen LogP contribution is 2.72. The van der Waals surface area contributed by atoms with Crippen molar-refractivity contribution >= 4 is 18.9 Å². The molecule has 0 saturated carbocycles. The zero-order chi connectivity index (χ0) is 21.8. The molecule has 4 rings (SSSR count). The lowest BCUT2D eigenvalue weighted by Crippen LogP contribution is -2.42. The van der Waals surface area contributed by atoms with Crippen molar-refractivity contribution < 1.29 is 37.3 Å². The minimum Gasteiger partial charge on any atom is -0.348 e. The Balaban J connectivity index is 1.84. The van der Waals surface area contributed by atoms with Gasteiger partial charge in [0.25, 0.3) is 0 Å². The van der Waals surface area contributed by atoms with E-state index in [4.69, 9.17) is 32.7 Å². The van der Waals surface area contributed by atoms with Gasteiger partial charge < -0.3 is 32.7 Å². The summed E-state index contributed by atoms with van der Waals surface area (Å²) in [6, 6.07) is 0. The van der Waals surface area contributed by atoms with Gasteiger partial charge in [-0.2, -0.15) is 0 Å². The molecule has 170 valence electrons. The molecule has 0 aromatic carbocycles. The minimum atomic E-state index is -3.90. The van der Waals surface area contributed by atoms with E-state index >= 15 is 0 Å². The molecule has 0 unspecified atom stereocenters. The van der Waals surface area contributed by atoms with Gasteiger partial charge in [0.15, 0.2) is 11.6 Å². The fourth-order valence-electron chi connectivity index (χ4n) is 4.32. The number of hydrogen-bond donors (Lipinski definition) is 0. The molecule has 4 heterocycles. The molecular weight excluding hydrogens is 433 g/mol. The number of aromatic nitrogens is 1. The number of fused-ring (bicyclic) bond motifs is 1. The Morgan fingerprint density at radius 2 is 1.77 bits per heavy atom. The Morgan fingerprint density at radius 3 is 2.30 bits per heavy atom. The summed E-state index contributed by atoms with van der Waals surface area (Å²) in [7, 11) is -3.90. The molecule has 0 amide bonds. The lowest BCUT2D eigenvalue weighted by molar-refractivity contribution is -0.217. The highest BCUT2D eigenvalue weighted by Gasteiger charge is 2.75. The van der Waals surface area contributed by atoms with Crippen LogP contribution in [0.25, 0.3) is 0 Å². The second-order valence-electron chi connectivity index (χ2n) is 8.34. The van der Waals surface area contributed by atoms with Gasteiger partial charge in [0.1, 0.15) is 29.4 Å². The van der Waals surface area contributed by atoms with Crippen molar-refractivity contribution in [3.8, 4) is 0 Å². The number of rotatable bonds is 7. The average Bonchev–Trinajstić information content (AvgIpc) is 3.39. The first-order valence-corrected chi connectivity index (χ1v) is 12.6. The van der Waals surface area contributed by atoms with Crippen LogP contribution in [-0.2, 0) is 42.6 Å². The van der Waals surface area contributed by atoms with E-state index in [-0.39, 0.29) is 13.2 Å². The molecule has 3 aliphatic rings. The van der Waals surface area contributed by atoms with Gasteiger partial charge in [-0.3, -0.25) is 4.57 Å². The lowest BCUT2D eigenvalue weighted by atomic mass is 10.0. The van der Waals surface area contributed by atoms with Gasteiger partial charge in [-0.05, 0) is 41.5 Å². The van der Waals surface area contributed by atoms with Gasteiger partial charge >= 0.3 is 7.60 Å². The highest BCUT2D eigenvalue weighted by molar-refractivity contribution is 7.55. The van der Waals surface area contributed by atoms with E-state index in [9.17, 15) is 4.57 Å². The van der Waals surface area contributed by atoms with Gasteiger partial charge in [0.2, 0.25) is 5.34 Å². The monoisotopic (exact) mass is 463 g/mol. The average molecular weight is 463 g/mol. The summed E-state index contributed by atoms with van der Waals surface area (Å²) in [4.78, 5) is 4.45. The summed E-state index contributed by atoms with van der Waals surface area (Å²) in [6.07, 6.45) is -0.754. The van der Waals surface area contributed by atoms with Crippen LogP contribution in [-0.4, -0.2) is 60.8 Å². The Morgan fingerprint density at radius 1 is 1.07 bits per heavy atom. The molecule has 0 spiro atoms. The largest absolute Gasteiger partial charge is 0.372 e. The third-order valence-corrected chi connectivity index (χ3v) is 8.92. The molecule has 11 heteroatoms.